The zero-order chi connectivity index (χ0) is 22.5. The highest BCUT2D eigenvalue weighted by atomic mass is 16.5. The molecule has 0 spiro atoms. The van der Waals surface area contributed by atoms with E-state index < -0.39 is 23.5 Å². The molecule has 2 aromatic rings. The number of rotatable bonds is 8. The van der Waals surface area contributed by atoms with Crippen LogP contribution in [0.5, 0.6) is 5.75 Å². The average Bonchev–Trinajstić information content (AvgIpc) is 3.44. The normalized spacial score (nSPS) is 19.8. The van der Waals surface area contributed by atoms with E-state index in [1.54, 1.807) is 42.3 Å². The Kier molecular flexibility index (Phi) is 6.72. The Hall–Kier alpha value is -3.36. The van der Waals surface area contributed by atoms with Crippen molar-refractivity contribution in [2.45, 2.75) is 6.04 Å². The van der Waals surface area contributed by atoms with E-state index in [0.717, 1.165) is 13.1 Å². The molecule has 0 bridgehead atoms. The molecule has 1 N–H and O–H groups in total. The van der Waals surface area contributed by atoms with Gasteiger partial charge in [-0.05, 0) is 42.0 Å². The summed E-state index contributed by atoms with van der Waals surface area (Å²) in [4.78, 5) is 29.9. The summed E-state index contributed by atoms with van der Waals surface area (Å²) in [6.45, 7) is 3.85. The maximum atomic E-state index is 13.1. The SMILES string of the molecule is COc1cccc(C2C(C(=O)/C=C/c3ccco3)=C(O)C(=O)N2CCN2CCOCC2)c1. The Morgan fingerprint density at radius 1 is 1.22 bits per heavy atom. The van der Waals surface area contributed by atoms with Gasteiger partial charge in [0.15, 0.2) is 11.5 Å². The minimum atomic E-state index is -0.715. The molecule has 3 heterocycles. The fourth-order valence-corrected chi connectivity index (χ4v) is 4.00. The summed E-state index contributed by atoms with van der Waals surface area (Å²) in [5.41, 5.74) is 0.742. The van der Waals surface area contributed by atoms with Gasteiger partial charge in [-0.25, -0.2) is 0 Å². The van der Waals surface area contributed by atoms with Gasteiger partial charge in [-0.15, -0.1) is 0 Å². The van der Waals surface area contributed by atoms with Crippen LogP contribution in [0.1, 0.15) is 17.4 Å². The summed E-state index contributed by atoms with van der Waals surface area (Å²) in [6, 6.07) is 9.91. The van der Waals surface area contributed by atoms with E-state index in [4.69, 9.17) is 13.9 Å². The van der Waals surface area contributed by atoms with E-state index in [2.05, 4.69) is 4.90 Å². The molecule has 1 saturated heterocycles. The van der Waals surface area contributed by atoms with Gasteiger partial charge in [-0.1, -0.05) is 12.1 Å². The van der Waals surface area contributed by atoms with Crippen molar-refractivity contribution in [2.75, 3.05) is 46.5 Å². The van der Waals surface area contributed by atoms with Crippen LogP contribution in [-0.4, -0.2) is 73.1 Å². The van der Waals surface area contributed by atoms with E-state index in [-0.39, 0.29) is 5.57 Å². The molecule has 8 nitrogen and oxygen atoms in total. The maximum Gasteiger partial charge on any atom is 0.290 e. The summed E-state index contributed by atoms with van der Waals surface area (Å²) in [5.74, 6) is -0.416. The van der Waals surface area contributed by atoms with Crippen molar-refractivity contribution >= 4 is 17.8 Å². The van der Waals surface area contributed by atoms with E-state index >= 15 is 0 Å². The van der Waals surface area contributed by atoms with Crippen LogP contribution in [0.3, 0.4) is 0 Å². The topological polar surface area (TPSA) is 92.5 Å². The number of furan rings is 1. The second kappa shape index (κ2) is 9.84. The van der Waals surface area contributed by atoms with Crippen LogP contribution in [0.4, 0.5) is 0 Å². The molecule has 2 aliphatic rings. The number of allylic oxidation sites excluding steroid dienone is 1. The smallest absolute Gasteiger partial charge is 0.290 e. The number of methoxy groups -OCH3 is 1. The monoisotopic (exact) mass is 438 g/mol. The minimum absolute atomic E-state index is 0.0491. The Bertz CT molecular complexity index is 1020. The van der Waals surface area contributed by atoms with Crippen LogP contribution in [0.15, 0.2) is 64.5 Å². The molecule has 8 heteroatoms. The van der Waals surface area contributed by atoms with Gasteiger partial charge < -0.3 is 23.9 Å². The number of benzene rings is 1. The van der Waals surface area contributed by atoms with E-state index in [0.29, 0.717) is 43.4 Å². The van der Waals surface area contributed by atoms with Gasteiger partial charge >= 0.3 is 0 Å². The van der Waals surface area contributed by atoms with Gasteiger partial charge in [0.25, 0.3) is 5.91 Å². The van der Waals surface area contributed by atoms with Gasteiger partial charge in [0.1, 0.15) is 11.5 Å². The number of aliphatic hydroxyl groups excluding tert-OH is 1. The third-order valence-corrected chi connectivity index (χ3v) is 5.68. The van der Waals surface area contributed by atoms with Gasteiger partial charge in [-0.3, -0.25) is 14.5 Å². The van der Waals surface area contributed by atoms with Crippen molar-refractivity contribution in [3.8, 4) is 5.75 Å². The first kappa shape index (κ1) is 21.9. The van der Waals surface area contributed by atoms with Crippen molar-refractivity contribution in [2.24, 2.45) is 0 Å². The number of amides is 1. The molecule has 2 aliphatic heterocycles. The molecule has 168 valence electrons. The Morgan fingerprint density at radius 2 is 2.03 bits per heavy atom. The average molecular weight is 438 g/mol. The number of ketones is 1. The molecule has 0 saturated carbocycles. The summed E-state index contributed by atoms with van der Waals surface area (Å²) in [7, 11) is 1.56. The van der Waals surface area contributed by atoms with Crippen LogP contribution < -0.4 is 4.74 Å². The molecule has 4 rings (SSSR count). The van der Waals surface area contributed by atoms with Crippen LogP contribution in [0.25, 0.3) is 6.08 Å². The first-order valence-electron chi connectivity index (χ1n) is 10.5. The largest absolute Gasteiger partial charge is 0.503 e. The summed E-state index contributed by atoms with van der Waals surface area (Å²) >= 11 is 0. The second-order valence-electron chi connectivity index (χ2n) is 7.61. The highest BCUT2D eigenvalue weighted by Gasteiger charge is 2.43. The van der Waals surface area contributed by atoms with Gasteiger partial charge in [0, 0.05) is 26.2 Å². The van der Waals surface area contributed by atoms with Crippen LogP contribution in [-0.2, 0) is 14.3 Å². The minimum Gasteiger partial charge on any atom is -0.503 e. The molecule has 1 atom stereocenters. The molecule has 1 aromatic heterocycles. The molecular weight excluding hydrogens is 412 g/mol. The van der Waals surface area contributed by atoms with E-state index in [1.807, 2.05) is 6.07 Å². The number of morpholine rings is 1. The lowest BCUT2D eigenvalue weighted by molar-refractivity contribution is -0.129. The van der Waals surface area contributed by atoms with E-state index in [9.17, 15) is 14.7 Å². The van der Waals surface area contributed by atoms with Crippen molar-refractivity contribution in [1.82, 2.24) is 9.80 Å². The number of carbonyl (C=O) groups excluding carboxylic acids is 2. The zero-order valence-electron chi connectivity index (χ0n) is 17.9. The van der Waals surface area contributed by atoms with Gasteiger partial charge in [0.05, 0.1) is 38.2 Å². The van der Waals surface area contributed by atoms with Crippen molar-refractivity contribution in [3.05, 3.63) is 71.4 Å². The Labute approximate surface area is 186 Å². The van der Waals surface area contributed by atoms with Gasteiger partial charge in [-0.2, -0.15) is 0 Å². The third kappa shape index (κ3) is 4.61. The molecule has 32 heavy (non-hydrogen) atoms. The molecule has 1 aromatic carbocycles. The number of carbonyl (C=O) groups is 2. The van der Waals surface area contributed by atoms with Crippen molar-refractivity contribution in [1.29, 1.82) is 0 Å². The standard InChI is InChI=1S/C24H26N2O6/c1-30-19-5-2-4-17(16-19)22-21(20(27)8-7-18-6-3-13-32-18)23(28)24(29)26(22)10-9-25-11-14-31-15-12-25/h2-8,13,16,22,28H,9-12,14-15H2,1H3/b8-7+. The first-order valence-corrected chi connectivity index (χ1v) is 10.5. The predicted molar refractivity (Wildman–Crippen MR) is 117 cm³/mol. The molecule has 1 amide bonds. The quantitative estimate of drug-likeness (QED) is 0.634. The lowest BCUT2D eigenvalue weighted by atomic mass is 9.95. The molecule has 0 aliphatic carbocycles. The number of ether oxygens (including phenoxy) is 2. The molecular formula is C24H26N2O6. The first-order chi connectivity index (χ1) is 15.6. The molecule has 0 radical (unpaired) electrons. The summed E-state index contributed by atoms with van der Waals surface area (Å²) < 4.78 is 16.0. The van der Waals surface area contributed by atoms with Crippen molar-refractivity contribution in [3.63, 3.8) is 0 Å². The number of hydrogen-bond donors (Lipinski definition) is 1. The number of aliphatic hydroxyl groups is 1. The zero-order valence-corrected chi connectivity index (χ0v) is 17.9. The Morgan fingerprint density at radius 3 is 2.75 bits per heavy atom. The van der Waals surface area contributed by atoms with Crippen molar-refractivity contribution < 1.29 is 28.6 Å². The fourth-order valence-electron chi connectivity index (χ4n) is 4.00. The maximum absolute atomic E-state index is 13.1. The lowest BCUT2D eigenvalue weighted by Crippen LogP contribution is -2.43. The fraction of sp³-hybridized carbons (Fsp3) is 0.333. The number of nitrogens with zero attached hydrogens (tertiary/aromatic N) is 2. The van der Waals surface area contributed by atoms with Gasteiger partial charge in [0.2, 0.25) is 0 Å². The lowest BCUT2D eigenvalue weighted by Gasteiger charge is -2.31. The van der Waals surface area contributed by atoms with Crippen LogP contribution >= 0.6 is 0 Å². The predicted octanol–water partition coefficient (Wildman–Crippen LogP) is 2.60. The summed E-state index contributed by atoms with van der Waals surface area (Å²) in [6.07, 6.45) is 4.34. The number of hydrogen-bond acceptors (Lipinski definition) is 7. The highest BCUT2D eigenvalue weighted by Crippen LogP contribution is 2.38. The highest BCUT2D eigenvalue weighted by molar-refractivity contribution is 6.14. The molecule has 1 unspecified atom stereocenters. The second-order valence-corrected chi connectivity index (χ2v) is 7.61. The van der Waals surface area contributed by atoms with Crippen LogP contribution in [0.2, 0.25) is 0 Å². The van der Waals surface area contributed by atoms with Crippen LogP contribution in [0, 0.1) is 0 Å². The Balaban J connectivity index is 1.64. The third-order valence-electron chi connectivity index (χ3n) is 5.68. The van der Waals surface area contributed by atoms with E-state index in [1.165, 1.54) is 18.4 Å². The molecule has 1 fully saturated rings. The summed E-state index contributed by atoms with van der Waals surface area (Å²) in [5, 5.41) is 10.7.